The molecule has 0 fully saturated rings. The molecule has 0 bridgehead atoms. The van der Waals surface area contributed by atoms with Crippen molar-refractivity contribution in [2.24, 2.45) is 0 Å². The van der Waals surface area contributed by atoms with Crippen LogP contribution in [0.15, 0.2) is 12.1 Å². The maximum atomic E-state index is 12.4. The molecule has 0 aliphatic rings. The van der Waals surface area contributed by atoms with Crippen molar-refractivity contribution in [2.45, 2.75) is 46.0 Å². The van der Waals surface area contributed by atoms with Gasteiger partial charge in [0.15, 0.2) is 0 Å². The number of carbonyl (C=O) groups excluding carboxylic acids is 2. The molecule has 0 aliphatic carbocycles. The van der Waals surface area contributed by atoms with Gasteiger partial charge < -0.3 is 14.6 Å². The third-order valence-corrected chi connectivity index (χ3v) is 3.63. The largest absolute Gasteiger partial charge is 0.478 e. The highest BCUT2D eigenvalue weighted by atomic mass is 16.5. The van der Waals surface area contributed by atoms with E-state index in [1.165, 1.54) is 19.2 Å². The third-order valence-electron chi connectivity index (χ3n) is 3.63. The summed E-state index contributed by atoms with van der Waals surface area (Å²) < 4.78 is 9.95. The smallest absolute Gasteiger partial charge is 0.338 e. The van der Waals surface area contributed by atoms with Crippen molar-refractivity contribution in [3.8, 4) is 0 Å². The molecular formula is C18H24O6. The summed E-state index contributed by atoms with van der Waals surface area (Å²) in [4.78, 5) is 35.7. The zero-order valence-electron chi connectivity index (χ0n) is 14.4. The molecule has 0 aliphatic heterocycles. The zero-order valence-corrected chi connectivity index (χ0v) is 14.4. The number of hydrogen-bond donors (Lipinski definition) is 1. The maximum absolute atomic E-state index is 12.4. The number of methoxy groups -OCH3 is 1. The predicted molar refractivity (Wildman–Crippen MR) is 88.5 cm³/mol. The van der Waals surface area contributed by atoms with Crippen LogP contribution in [0.25, 0.3) is 0 Å². The van der Waals surface area contributed by atoms with Gasteiger partial charge in [-0.05, 0) is 37.0 Å². The Morgan fingerprint density at radius 1 is 1.00 bits per heavy atom. The SMILES string of the molecule is CCCCOC(=O)c1cc(C(=O)O)cc(C(=O)OC)c1CCCC. The number of unbranched alkanes of at least 4 members (excludes halogenated alkanes) is 2. The quantitative estimate of drug-likeness (QED) is 0.548. The minimum atomic E-state index is -1.22. The van der Waals surface area contributed by atoms with Crippen LogP contribution in [0.3, 0.4) is 0 Å². The standard InChI is InChI=1S/C18H24O6/c1-4-6-8-13-14(17(21)23-3)10-12(16(19)20)11-15(13)18(22)24-9-7-5-2/h10-11H,4-9H2,1-3H3,(H,19,20). The van der Waals surface area contributed by atoms with Gasteiger partial charge in [0.1, 0.15) is 0 Å². The van der Waals surface area contributed by atoms with E-state index in [-0.39, 0.29) is 23.3 Å². The van der Waals surface area contributed by atoms with E-state index in [1.807, 2.05) is 13.8 Å². The number of carbonyl (C=O) groups is 3. The molecule has 6 nitrogen and oxygen atoms in total. The summed E-state index contributed by atoms with van der Waals surface area (Å²) in [6, 6.07) is 2.52. The second kappa shape index (κ2) is 9.70. The van der Waals surface area contributed by atoms with Crippen LogP contribution in [0.1, 0.15) is 76.2 Å². The van der Waals surface area contributed by atoms with Crippen LogP contribution in [0.5, 0.6) is 0 Å². The van der Waals surface area contributed by atoms with E-state index in [0.29, 0.717) is 12.0 Å². The van der Waals surface area contributed by atoms with Gasteiger partial charge in [-0.3, -0.25) is 0 Å². The van der Waals surface area contributed by atoms with Crippen molar-refractivity contribution in [3.63, 3.8) is 0 Å². The number of ether oxygens (including phenoxy) is 2. The lowest BCUT2D eigenvalue weighted by molar-refractivity contribution is 0.0498. The van der Waals surface area contributed by atoms with Crippen LogP contribution in [0.2, 0.25) is 0 Å². The Morgan fingerprint density at radius 3 is 2.08 bits per heavy atom. The number of benzene rings is 1. The summed E-state index contributed by atoms with van der Waals surface area (Å²) in [7, 11) is 1.22. The van der Waals surface area contributed by atoms with E-state index < -0.39 is 17.9 Å². The zero-order chi connectivity index (χ0) is 18.1. The molecule has 0 saturated heterocycles. The van der Waals surface area contributed by atoms with Crippen molar-refractivity contribution in [1.82, 2.24) is 0 Å². The van der Waals surface area contributed by atoms with Crippen molar-refractivity contribution in [3.05, 3.63) is 34.4 Å². The second-order valence-electron chi connectivity index (χ2n) is 5.44. The average Bonchev–Trinajstić information content (AvgIpc) is 2.58. The Labute approximate surface area is 141 Å². The van der Waals surface area contributed by atoms with E-state index in [1.54, 1.807) is 0 Å². The summed E-state index contributed by atoms with van der Waals surface area (Å²) >= 11 is 0. The molecule has 0 amide bonds. The lowest BCUT2D eigenvalue weighted by Crippen LogP contribution is -2.16. The van der Waals surface area contributed by atoms with Gasteiger partial charge in [-0.2, -0.15) is 0 Å². The van der Waals surface area contributed by atoms with Crippen LogP contribution < -0.4 is 0 Å². The van der Waals surface area contributed by atoms with Gasteiger partial charge in [-0.25, -0.2) is 14.4 Å². The van der Waals surface area contributed by atoms with E-state index in [2.05, 4.69) is 0 Å². The highest BCUT2D eigenvalue weighted by molar-refractivity contribution is 6.02. The summed E-state index contributed by atoms with van der Waals surface area (Å²) in [6.07, 6.45) is 3.69. The first-order chi connectivity index (χ1) is 11.5. The Bertz CT molecular complexity index is 606. The molecule has 0 heterocycles. The first-order valence-corrected chi connectivity index (χ1v) is 8.11. The third kappa shape index (κ3) is 5.08. The molecule has 0 unspecified atom stereocenters. The fraction of sp³-hybridized carbons (Fsp3) is 0.500. The van der Waals surface area contributed by atoms with Gasteiger partial charge in [-0.15, -0.1) is 0 Å². The normalized spacial score (nSPS) is 10.3. The second-order valence-corrected chi connectivity index (χ2v) is 5.44. The Balaban J connectivity index is 3.38. The molecule has 6 heteroatoms. The molecule has 1 aromatic carbocycles. The van der Waals surface area contributed by atoms with Crippen LogP contribution >= 0.6 is 0 Å². The minimum absolute atomic E-state index is 0.105. The number of esters is 2. The maximum Gasteiger partial charge on any atom is 0.338 e. The van der Waals surface area contributed by atoms with Gasteiger partial charge >= 0.3 is 17.9 Å². The average molecular weight is 336 g/mol. The number of rotatable bonds is 9. The molecule has 0 aromatic heterocycles. The highest BCUT2D eigenvalue weighted by Gasteiger charge is 2.23. The molecule has 1 N–H and O–H groups in total. The van der Waals surface area contributed by atoms with Gasteiger partial charge in [0.05, 0.1) is 30.4 Å². The van der Waals surface area contributed by atoms with Crippen LogP contribution in [0.4, 0.5) is 0 Å². The molecule has 0 spiro atoms. The number of hydrogen-bond acceptors (Lipinski definition) is 5. The van der Waals surface area contributed by atoms with E-state index >= 15 is 0 Å². The topological polar surface area (TPSA) is 89.9 Å². The fourth-order valence-corrected chi connectivity index (χ4v) is 2.28. The Hall–Kier alpha value is -2.37. The molecule has 1 rings (SSSR count). The first-order valence-electron chi connectivity index (χ1n) is 8.11. The van der Waals surface area contributed by atoms with Crippen molar-refractivity contribution < 1.29 is 29.0 Å². The summed E-state index contributed by atoms with van der Waals surface area (Å²) in [5.74, 6) is -2.49. The molecule has 0 atom stereocenters. The fourth-order valence-electron chi connectivity index (χ4n) is 2.28. The summed E-state index contributed by atoms with van der Waals surface area (Å²) in [6.45, 7) is 4.22. The number of carboxylic acid groups (broad SMARTS) is 1. The van der Waals surface area contributed by atoms with Crippen LogP contribution in [-0.4, -0.2) is 36.7 Å². The molecule has 1 aromatic rings. The van der Waals surface area contributed by atoms with Gasteiger partial charge in [-0.1, -0.05) is 26.7 Å². The van der Waals surface area contributed by atoms with Crippen molar-refractivity contribution in [1.29, 1.82) is 0 Å². The van der Waals surface area contributed by atoms with Gasteiger partial charge in [0, 0.05) is 0 Å². The van der Waals surface area contributed by atoms with Crippen molar-refractivity contribution in [2.75, 3.05) is 13.7 Å². The lowest BCUT2D eigenvalue weighted by atomic mass is 9.93. The molecule has 24 heavy (non-hydrogen) atoms. The summed E-state index contributed by atoms with van der Waals surface area (Å²) in [5, 5.41) is 9.25. The molecule has 132 valence electrons. The van der Waals surface area contributed by atoms with E-state index in [9.17, 15) is 19.5 Å². The Morgan fingerprint density at radius 2 is 1.58 bits per heavy atom. The Kier molecular flexibility index (Phi) is 7.95. The first kappa shape index (κ1) is 19.7. The number of carboxylic acids is 1. The predicted octanol–water partition coefficient (Wildman–Crippen LogP) is 3.47. The van der Waals surface area contributed by atoms with Crippen LogP contribution in [0, 0.1) is 0 Å². The van der Waals surface area contributed by atoms with Gasteiger partial charge in [0.25, 0.3) is 0 Å². The molecule has 0 saturated carbocycles. The molecule has 0 radical (unpaired) electrons. The summed E-state index contributed by atoms with van der Waals surface area (Å²) in [5.41, 5.74) is 0.571. The van der Waals surface area contributed by atoms with Gasteiger partial charge in [0.2, 0.25) is 0 Å². The minimum Gasteiger partial charge on any atom is -0.478 e. The lowest BCUT2D eigenvalue weighted by Gasteiger charge is -2.14. The molecular weight excluding hydrogens is 312 g/mol. The monoisotopic (exact) mass is 336 g/mol. The van der Waals surface area contributed by atoms with E-state index in [0.717, 1.165) is 25.7 Å². The van der Waals surface area contributed by atoms with Crippen molar-refractivity contribution >= 4 is 17.9 Å². The highest BCUT2D eigenvalue weighted by Crippen LogP contribution is 2.23. The number of aromatic carboxylic acids is 1. The van der Waals surface area contributed by atoms with E-state index in [4.69, 9.17) is 9.47 Å². The van der Waals surface area contributed by atoms with Crippen LogP contribution in [-0.2, 0) is 15.9 Å².